The van der Waals surface area contributed by atoms with E-state index < -0.39 is 17.1 Å². The standard InChI is InChI=1S/C14H19FO2/c1-13(2,3)14(4,15)11-7-5-6-10(8-11)9-12(16)17/h5-8H,9H2,1-4H3,(H,16,17). The van der Waals surface area contributed by atoms with Gasteiger partial charge >= 0.3 is 5.97 Å². The molecule has 0 spiro atoms. The van der Waals surface area contributed by atoms with Gasteiger partial charge in [-0.3, -0.25) is 4.79 Å². The van der Waals surface area contributed by atoms with E-state index >= 15 is 0 Å². The van der Waals surface area contributed by atoms with Crippen LogP contribution in [0.15, 0.2) is 24.3 Å². The zero-order valence-corrected chi connectivity index (χ0v) is 10.7. The molecule has 1 N–H and O–H groups in total. The number of rotatable bonds is 3. The van der Waals surface area contributed by atoms with Gasteiger partial charge < -0.3 is 5.11 Å². The molecule has 1 atom stereocenters. The molecular weight excluding hydrogens is 219 g/mol. The van der Waals surface area contributed by atoms with Crippen LogP contribution in [0.1, 0.15) is 38.8 Å². The number of hydrogen-bond acceptors (Lipinski definition) is 1. The molecule has 0 aliphatic carbocycles. The summed E-state index contributed by atoms with van der Waals surface area (Å²) in [6.07, 6.45) is -0.0753. The largest absolute Gasteiger partial charge is 0.481 e. The highest BCUT2D eigenvalue weighted by atomic mass is 19.1. The zero-order chi connectivity index (χ0) is 13.3. The van der Waals surface area contributed by atoms with E-state index in [1.807, 2.05) is 20.8 Å². The van der Waals surface area contributed by atoms with Gasteiger partial charge in [-0.05, 0) is 23.5 Å². The number of carbonyl (C=O) groups is 1. The fourth-order valence-electron chi connectivity index (χ4n) is 1.58. The summed E-state index contributed by atoms with van der Waals surface area (Å²) >= 11 is 0. The van der Waals surface area contributed by atoms with E-state index in [2.05, 4.69) is 0 Å². The maximum absolute atomic E-state index is 14.7. The summed E-state index contributed by atoms with van der Waals surface area (Å²) in [6, 6.07) is 6.75. The minimum atomic E-state index is -1.48. The second kappa shape index (κ2) is 4.47. The van der Waals surface area contributed by atoms with E-state index in [9.17, 15) is 9.18 Å². The Balaban J connectivity index is 3.11. The van der Waals surface area contributed by atoms with Gasteiger partial charge in [0.25, 0.3) is 0 Å². The van der Waals surface area contributed by atoms with Crippen LogP contribution in [0.4, 0.5) is 4.39 Å². The summed E-state index contributed by atoms with van der Waals surface area (Å²) in [5.74, 6) is -0.904. The van der Waals surface area contributed by atoms with Crippen LogP contribution in [-0.2, 0) is 16.9 Å². The molecule has 2 nitrogen and oxygen atoms in total. The fraction of sp³-hybridized carbons (Fsp3) is 0.500. The second-order valence-electron chi connectivity index (χ2n) is 5.52. The number of alkyl halides is 1. The Labute approximate surface area is 101 Å². The predicted octanol–water partition coefficient (Wildman–Crippen LogP) is 3.54. The molecule has 1 aromatic rings. The molecule has 0 saturated carbocycles. The Morgan fingerprint density at radius 2 is 1.88 bits per heavy atom. The van der Waals surface area contributed by atoms with Crippen molar-refractivity contribution in [1.82, 2.24) is 0 Å². The lowest BCUT2D eigenvalue weighted by Gasteiger charge is -2.35. The van der Waals surface area contributed by atoms with E-state index in [1.54, 1.807) is 24.3 Å². The molecule has 0 heterocycles. The summed E-state index contributed by atoms with van der Waals surface area (Å²) in [4.78, 5) is 10.6. The van der Waals surface area contributed by atoms with Crippen LogP contribution in [0.5, 0.6) is 0 Å². The number of carboxylic acids is 1. The SMILES string of the molecule is CC(C)(C)C(C)(F)c1cccc(CC(=O)O)c1. The summed E-state index contributed by atoms with van der Waals surface area (Å²) in [6.45, 7) is 7.03. The summed E-state index contributed by atoms with van der Waals surface area (Å²) < 4.78 is 14.7. The molecule has 0 aromatic heterocycles. The van der Waals surface area contributed by atoms with Crippen molar-refractivity contribution in [3.05, 3.63) is 35.4 Å². The molecule has 0 radical (unpaired) electrons. The third kappa shape index (κ3) is 3.05. The summed E-state index contributed by atoms with van der Waals surface area (Å²) in [5.41, 5.74) is -0.858. The smallest absolute Gasteiger partial charge is 0.307 e. The van der Waals surface area contributed by atoms with Crippen molar-refractivity contribution in [1.29, 1.82) is 0 Å². The Kier molecular flexibility index (Phi) is 3.60. The predicted molar refractivity (Wildman–Crippen MR) is 65.7 cm³/mol. The normalized spacial score (nSPS) is 15.4. The molecular formula is C14H19FO2. The maximum Gasteiger partial charge on any atom is 0.307 e. The number of carboxylic acid groups (broad SMARTS) is 1. The minimum absolute atomic E-state index is 0.0753. The molecule has 1 aromatic carbocycles. The fourth-order valence-corrected chi connectivity index (χ4v) is 1.58. The van der Waals surface area contributed by atoms with Crippen molar-refractivity contribution in [2.45, 2.75) is 39.8 Å². The molecule has 94 valence electrons. The van der Waals surface area contributed by atoms with Gasteiger partial charge in [-0.15, -0.1) is 0 Å². The van der Waals surface area contributed by atoms with E-state index in [0.717, 1.165) is 0 Å². The van der Waals surface area contributed by atoms with Crippen LogP contribution in [0.2, 0.25) is 0 Å². The Morgan fingerprint density at radius 1 is 1.29 bits per heavy atom. The summed E-state index contributed by atoms with van der Waals surface area (Å²) in [7, 11) is 0. The van der Waals surface area contributed by atoms with Gasteiger partial charge in [0, 0.05) is 0 Å². The Morgan fingerprint density at radius 3 is 2.35 bits per heavy atom. The third-order valence-corrected chi connectivity index (χ3v) is 3.23. The van der Waals surface area contributed by atoms with Gasteiger partial charge in [-0.2, -0.15) is 0 Å². The molecule has 17 heavy (non-hydrogen) atoms. The van der Waals surface area contributed by atoms with Crippen LogP contribution >= 0.6 is 0 Å². The van der Waals surface area contributed by atoms with Crippen LogP contribution in [0, 0.1) is 5.41 Å². The topological polar surface area (TPSA) is 37.3 Å². The Bertz CT molecular complexity index is 416. The van der Waals surface area contributed by atoms with E-state index in [4.69, 9.17) is 5.11 Å². The van der Waals surface area contributed by atoms with Crippen molar-refractivity contribution in [2.75, 3.05) is 0 Å². The molecule has 0 saturated heterocycles. The second-order valence-corrected chi connectivity index (χ2v) is 5.52. The van der Waals surface area contributed by atoms with Gasteiger partial charge in [0.15, 0.2) is 0 Å². The lowest BCUT2D eigenvalue weighted by molar-refractivity contribution is -0.136. The highest BCUT2D eigenvalue weighted by Gasteiger charge is 2.39. The molecule has 0 bridgehead atoms. The average Bonchev–Trinajstić information content (AvgIpc) is 2.15. The van der Waals surface area contributed by atoms with Crippen molar-refractivity contribution >= 4 is 5.97 Å². The minimum Gasteiger partial charge on any atom is -0.481 e. The van der Waals surface area contributed by atoms with Crippen molar-refractivity contribution in [3.8, 4) is 0 Å². The van der Waals surface area contributed by atoms with Crippen LogP contribution in [0.3, 0.4) is 0 Å². The maximum atomic E-state index is 14.7. The van der Waals surface area contributed by atoms with Gasteiger partial charge in [-0.25, -0.2) is 4.39 Å². The van der Waals surface area contributed by atoms with E-state index in [1.165, 1.54) is 6.92 Å². The number of hydrogen-bond donors (Lipinski definition) is 1. The first kappa shape index (κ1) is 13.7. The average molecular weight is 238 g/mol. The van der Waals surface area contributed by atoms with Crippen LogP contribution < -0.4 is 0 Å². The molecule has 0 amide bonds. The van der Waals surface area contributed by atoms with E-state index in [-0.39, 0.29) is 6.42 Å². The van der Waals surface area contributed by atoms with Crippen molar-refractivity contribution in [2.24, 2.45) is 5.41 Å². The Hall–Kier alpha value is -1.38. The van der Waals surface area contributed by atoms with Crippen LogP contribution in [0.25, 0.3) is 0 Å². The van der Waals surface area contributed by atoms with Gasteiger partial charge in [-0.1, -0.05) is 45.0 Å². The molecule has 0 aliphatic heterocycles. The molecule has 0 fully saturated rings. The first-order valence-corrected chi connectivity index (χ1v) is 5.65. The highest BCUT2D eigenvalue weighted by molar-refractivity contribution is 5.70. The first-order valence-electron chi connectivity index (χ1n) is 5.65. The summed E-state index contributed by atoms with van der Waals surface area (Å²) in [5, 5.41) is 8.73. The lowest BCUT2D eigenvalue weighted by Crippen LogP contribution is -2.32. The monoisotopic (exact) mass is 238 g/mol. The molecule has 1 unspecified atom stereocenters. The van der Waals surface area contributed by atoms with E-state index in [0.29, 0.717) is 11.1 Å². The molecule has 3 heteroatoms. The van der Waals surface area contributed by atoms with Gasteiger partial charge in [0.05, 0.1) is 6.42 Å². The van der Waals surface area contributed by atoms with Crippen molar-refractivity contribution in [3.63, 3.8) is 0 Å². The highest BCUT2D eigenvalue weighted by Crippen LogP contribution is 2.42. The van der Waals surface area contributed by atoms with Gasteiger partial charge in [0.2, 0.25) is 0 Å². The van der Waals surface area contributed by atoms with Gasteiger partial charge in [0.1, 0.15) is 5.67 Å². The lowest BCUT2D eigenvalue weighted by atomic mass is 9.74. The van der Waals surface area contributed by atoms with Crippen LogP contribution in [-0.4, -0.2) is 11.1 Å². The van der Waals surface area contributed by atoms with Crippen molar-refractivity contribution < 1.29 is 14.3 Å². The molecule has 1 rings (SSSR count). The zero-order valence-electron chi connectivity index (χ0n) is 10.7. The molecule has 0 aliphatic rings. The number of halogens is 1. The number of aliphatic carboxylic acids is 1. The first-order chi connectivity index (χ1) is 7.64. The third-order valence-electron chi connectivity index (χ3n) is 3.23. The quantitative estimate of drug-likeness (QED) is 0.874. The number of benzene rings is 1.